The standard InChI is InChI=1S/C21H19BrN2O2/c1-15-12-13-19(18(22)14-15)23-24-20(25)21(26,16-8-4-2-5-9-16)17-10-6-3-7-11-17/h2-14,23,26H,1H3,(H,24,25). The quantitative estimate of drug-likeness (QED) is 0.554. The normalized spacial score (nSPS) is 11.0. The fourth-order valence-corrected chi connectivity index (χ4v) is 3.32. The number of hydrazine groups is 1. The lowest BCUT2D eigenvalue weighted by Crippen LogP contribution is -2.47. The summed E-state index contributed by atoms with van der Waals surface area (Å²) in [6, 6.07) is 23.5. The molecule has 132 valence electrons. The molecule has 4 nitrogen and oxygen atoms in total. The molecule has 0 unspecified atom stereocenters. The second-order valence-corrected chi connectivity index (χ2v) is 6.86. The Morgan fingerprint density at radius 3 is 1.96 bits per heavy atom. The molecule has 0 aliphatic heterocycles. The van der Waals surface area contributed by atoms with Crippen LogP contribution in [0.3, 0.4) is 0 Å². The molecule has 0 heterocycles. The molecule has 0 spiro atoms. The third-order valence-corrected chi connectivity index (χ3v) is 4.80. The summed E-state index contributed by atoms with van der Waals surface area (Å²) in [5.41, 5.74) is 6.48. The summed E-state index contributed by atoms with van der Waals surface area (Å²) >= 11 is 3.46. The molecule has 5 heteroatoms. The minimum atomic E-state index is -1.81. The second-order valence-electron chi connectivity index (χ2n) is 6.00. The van der Waals surface area contributed by atoms with E-state index in [-0.39, 0.29) is 0 Å². The number of aliphatic hydroxyl groups is 1. The molecule has 0 saturated heterocycles. The second kappa shape index (κ2) is 7.72. The Balaban J connectivity index is 1.91. The maximum Gasteiger partial charge on any atom is 0.279 e. The van der Waals surface area contributed by atoms with Gasteiger partial charge in [-0.3, -0.25) is 15.6 Å². The SMILES string of the molecule is Cc1ccc(NNC(=O)C(O)(c2ccccc2)c2ccccc2)c(Br)c1. The van der Waals surface area contributed by atoms with E-state index >= 15 is 0 Å². The van der Waals surface area contributed by atoms with Crippen molar-refractivity contribution in [3.05, 3.63) is 100 Å². The van der Waals surface area contributed by atoms with Gasteiger partial charge in [-0.25, -0.2) is 0 Å². The van der Waals surface area contributed by atoms with Gasteiger partial charge >= 0.3 is 0 Å². The third kappa shape index (κ3) is 3.64. The number of amides is 1. The van der Waals surface area contributed by atoms with Crippen LogP contribution in [0.2, 0.25) is 0 Å². The molecule has 0 atom stereocenters. The van der Waals surface area contributed by atoms with Crippen LogP contribution in [0.4, 0.5) is 5.69 Å². The molecular weight excluding hydrogens is 392 g/mol. The highest BCUT2D eigenvalue weighted by atomic mass is 79.9. The molecule has 3 rings (SSSR count). The predicted molar refractivity (Wildman–Crippen MR) is 107 cm³/mol. The van der Waals surface area contributed by atoms with Crippen molar-refractivity contribution in [2.45, 2.75) is 12.5 Å². The molecule has 0 radical (unpaired) electrons. The van der Waals surface area contributed by atoms with E-state index in [0.717, 1.165) is 10.0 Å². The lowest BCUT2D eigenvalue weighted by molar-refractivity contribution is -0.136. The molecular formula is C21H19BrN2O2. The van der Waals surface area contributed by atoms with Crippen LogP contribution in [-0.4, -0.2) is 11.0 Å². The minimum Gasteiger partial charge on any atom is -0.372 e. The fourth-order valence-electron chi connectivity index (χ4n) is 2.72. The Hall–Kier alpha value is -2.63. The van der Waals surface area contributed by atoms with Crippen LogP contribution in [0.5, 0.6) is 0 Å². The zero-order valence-electron chi connectivity index (χ0n) is 14.2. The summed E-state index contributed by atoms with van der Waals surface area (Å²) in [6.07, 6.45) is 0. The van der Waals surface area contributed by atoms with E-state index in [9.17, 15) is 9.90 Å². The molecule has 26 heavy (non-hydrogen) atoms. The summed E-state index contributed by atoms with van der Waals surface area (Å²) in [7, 11) is 0. The van der Waals surface area contributed by atoms with Crippen molar-refractivity contribution in [1.82, 2.24) is 5.43 Å². The first-order chi connectivity index (χ1) is 12.5. The van der Waals surface area contributed by atoms with Crippen LogP contribution in [0.15, 0.2) is 83.3 Å². The number of hydrogen-bond acceptors (Lipinski definition) is 3. The summed E-state index contributed by atoms with van der Waals surface area (Å²) in [4.78, 5) is 13.0. The first kappa shape index (κ1) is 18.2. The Bertz CT molecular complexity index is 859. The van der Waals surface area contributed by atoms with Gasteiger partial charge in [0.15, 0.2) is 5.60 Å². The highest BCUT2D eigenvalue weighted by molar-refractivity contribution is 9.10. The summed E-state index contributed by atoms with van der Waals surface area (Å²) < 4.78 is 0.820. The van der Waals surface area contributed by atoms with Crippen LogP contribution >= 0.6 is 15.9 Å². The smallest absolute Gasteiger partial charge is 0.279 e. The highest BCUT2D eigenvalue weighted by Crippen LogP contribution is 2.30. The van der Waals surface area contributed by atoms with Crippen molar-refractivity contribution in [2.75, 3.05) is 5.43 Å². The molecule has 0 aromatic heterocycles. The number of benzene rings is 3. The molecule has 0 bridgehead atoms. The zero-order chi connectivity index (χ0) is 18.6. The van der Waals surface area contributed by atoms with Crippen molar-refractivity contribution in [2.24, 2.45) is 0 Å². The average molecular weight is 411 g/mol. The Labute approximate surface area is 161 Å². The third-order valence-electron chi connectivity index (χ3n) is 4.15. The van der Waals surface area contributed by atoms with Crippen molar-refractivity contribution in [3.8, 4) is 0 Å². The van der Waals surface area contributed by atoms with Crippen LogP contribution in [0.25, 0.3) is 0 Å². The number of hydrogen-bond donors (Lipinski definition) is 3. The van der Waals surface area contributed by atoms with E-state index in [1.54, 1.807) is 48.5 Å². The Morgan fingerprint density at radius 1 is 0.923 bits per heavy atom. The van der Waals surface area contributed by atoms with E-state index in [0.29, 0.717) is 16.8 Å². The van der Waals surface area contributed by atoms with E-state index in [1.165, 1.54) is 0 Å². The van der Waals surface area contributed by atoms with Crippen LogP contribution in [0, 0.1) is 6.92 Å². The first-order valence-electron chi connectivity index (χ1n) is 8.18. The number of carbonyl (C=O) groups excluding carboxylic acids is 1. The molecule has 0 aliphatic rings. The van der Waals surface area contributed by atoms with E-state index in [1.807, 2.05) is 37.3 Å². The zero-order valence-corrected chi connectivity index (χ0v) is 15.8. The van der Waals surface area contributed by atoms with E-state index < -0.39 is 11.5 Å². The van der Waals surface area contributed by atoms with Gasteiger partial charge in [-0.15, -0.1) is 0 Å². The largest absolute Gasteiger partial charge is 0.372 e. The van der Waals surface area contributed by atoms with Gasteiger partial charge in [0.2, 0.25) is 0 Å². The first-order valence-corrected chi connectivity index (χ1v) is 8.97. The summed E-state index contributed by atoms with van der Waals surface area (Å²) in [5, 5.41) is 11.4. The number of halogens is 1. The van der Waals surface area contributed by atoms with Gasteiger partial charge in [-0.1, -0.05) is 66.7 Å². The number of carbonyl (C=O) groups is 1. The van der Waals surface area contributed by atoms with Gasteiger partial charge in [0.05, 0.1) is 5.69 Å². The molecule has 3 aromatic rings. The lowest BCUT2D eigenvalue weighted by Gasteiger charge is -2.28. The summed E-state index contributed by atoms with van der Waals surface area (Å²) in [6.45, 7) is 1.98. The number of aryl methyl sites for hydroxylation is 1. The molecule has 3 aromatic carbocycles. The maximum absolute atomic E-state index is 13.0. The maximum atomic E-state index is 13.0. The molecule has 3 N–H and O–H groups in total. The van der Waals surface area contributed by atoms with Gasteiger partial charge in [-0.05, 0) is 51.7 Å². The predicted octanol–water partition coefficient (Wildman–Crippen LogP) is 4.14. The highest BCUT2D eigenvalue weighted by Gasteiger charge is 2.39. The van der Waals surface area contributed by atoms with Crippen molar-refractivity contribution in [3.63, 3.8) is 0 Å². The van der Waals surface area contributed by atoms with Crippen LogP contribution in [-0.2, 0) is 10.4 Å². The van der Waals surface area contributed by atoms with Crippen molar-refractivity contribution in [1.29, 1.82) is 0 Å². The topological polar surface area (TPSA) is 61.4 Å². The number of anilines is 1. The van der Waals surface area contributed by atoms with Crippen LogP contribution in [0.1, 0.15) is 16.7 Å². The van der Waals surface area contributed by atoms with Gasteiger partial charge in [0.25, 0.3) is 5.91 Å². The Morgan fingerprint density at radius 2 is 1.46 bits per heavy atom. The van der Waals surface area contributed by atoms with Gasteiger partial charge in [-0.2, -0.15) is 0 Å². The molecule has 0 saturated carbocycles. The van der Waals surface area contributed by atoms with E-state index in [4.69, 9.17) is 0 Å². The number of rotatable bonds is 5. The molecule has 0 aliphatic carbocycles. The van der Waals surface area contributed by atoms with Crippen molar-refractivity contribution >= 4 is 27.5 Å². The van der Waals surface area contributed by atoms with Crippen molar-refractivity contribution < 1.29 is 9.90 Å². The van der Waals surface area contributed by atoms with Gasteiger partial charge in [0.1, 0.15) is 0 Å². The van der Waals surface area contributed by atoms with Gasteiger partial charge in [0, 0.05) is 4.47 Å². The monoisotopic (exact) mass is 410 g/mol. The summed E-state index contributed by atoms with van der Waals surface area (Å²) in [5.74, 6) is -0.567. The fraction of sp³-hybridized carbons (Fsp3) is 0.0952. The lowest BCUT2D eigenvalue weighted by atomic mass is 9.85. The molecule has 0 fully saturated rings. The Kier molecular flexibility index (Phi) is 5.40. The van der Waals surface area contributed by atoms with Crippen LogP contribution < -0.4 is 10.9 Å². The minimum absolute atomic E-state index is 0.494. The van der Waals surface area contributed by atoms with E-state index in [2.05, 4.69) is 26.8 Å². The molecule has 1 amide bonds. The van der Waals surface area contributed by atoms with Gasteiger partial charge < -0.3 is 5.11 Å². The number of nitrogens with one attached hydrogen (secondary N) is 2. The average Bonchev–Trinajstić information content (AvgIpc) is 2.68.